The third kappa shape index (κ3) is 14.5. The van der Waals surface area contributed by atoms with Gasteiger partial charge in [-0.25, -0.2) is 21.9 Å². The predicted octanol–water partition coefficient (Wildman–Crippen LogP) is 3.70. The molecule has 4 heterocycles. The van der Waals surface area contributed by atoms with Crippen LogP contribution in [-0.4, -0.2) is 209 Å². The van der Waals surface area contributed by atoms with Gasteiger partial charge in [0.2, 0.25) is 9.84 Å². The number of cyclic esters (lactones) is 1. The van der Waals surface area contributed by atoms with Crippen LogP contribution in [0.1, 0.15) is 118 Å². The summed E-state index contributed by atoms with van der Waals surface area (Å²) in [6, 6.07) is 1.67. The summed E-state index contributed by atoms with van der Waals surface area (Å²) in [5, 5.41) is 68.2. The first-order valence-electron chi connectivity index (χ1n) is 26.2. The average molecular weight is 1090 g/mol. The number of sulfone groups is 1. The van der Waals surface area contributed by atoms with E-state index in [-0.39, 0.29) is 30.1 Å². The van der Waals surface area contributed by atoms with Crippen LogP contribution in [0.5, 0.6) is 0 Å². The van der Waals surface area contributed by atoms with Crippen LogP contribution < -0.4 is 0 Å². The fraction of sp³-hybridized carbons (Fsp3) is 0.827. The maximum atomic E-state index is 14.8. The Bertz CT molecular complexity index is 2230. The molecule has 0 aliphatic carbocycles. The predicted molar refractivity (Wildman–Crippen MR) is 271 cm³/mol. The largest absolute Gasteiger partial charge is 0.459 e. The van der Waals surface area contributed by atoms with E-state index in [2.05, 4.69) is 10.3 Å². The molecule has 20 nitrogen and oxygen atoms in total. The van der Waals surface area contributed by atoms with Crippen LogP contribution in [-0.2, 0) is 54.2 Å². The summed E-state index contributed by atoms with van der Waals surface area (Å²) in [7, 11) is 2.40. The number of alkyl halides is 2. The van der Waals surface area contributed by atoms with Gasteiger partial charge in [0.1, 0.15) is 48.8 Å². The highest BCUT2D eigenvalue weighted by molar-refractivity contribution is 7.91. The summed E-state index contributed by atoms with van der Waals surface area (Å²) >= 11 is 0. The summed E-state index contributed by atoms with van der Waals surface area (Å²) < 4.78 is 97.1. The first-order chi connectivity index (χ1) is 35.0. The van der Waals surface area contributed by atoms with E-state index in [0.29, 0.717) is 37.2 Å². The molecule has 430 valence electrons. The van der Waals surface area contributed by atoms with E-state index < -0.39 is 143 Å². The van der Waals surface area contributed by atoms with Crippen molar-refractivity contribution in [2.24, 2.45) is 17.8 Å². The van der Waals surface area contributed by atoms with Gasteiger partial charge in [-0.15, -0.1) is 5.10 Å². The molecule has 0 spiro atoms. The van der Waals surface area contributed by atoms with E-state index in [1.165, 1.54) is 50.1 Å². The number of rotatable bonds is 17. The zero-order valence-electron chi connectivity index (χ0n) is 46.3. The molecule has 0 saturated carbocycles. The number of hydrogen-bond donors (Lipinski definition) is 5. The van der Waals surface area contributed by atoms with Gasteiger partial charge in [-0.05, 0) is 105 Å². The minimum absolute atomic E-state index is 0.0613. The Hall–Kier alpha value is -2.88. The van der Waals surface area contributed by atoms with Crippen LogP contribution >= 0.6 is 0 Å². The number of nitrogens with zero attached hydrogens (tertiary/aromatic N) is 5. The van der Waals surface area contributed by atoms with Crippen molar-refractivity contribution in [2.75, 3.05) is 54.1 Å². The molecule has 3 aliphatic heterocycles. The number of aliphatic hydroxyl groups is 5. The number of hydrogen-bond acceptors (Lipinski definition) is 19. The van der Waals surface area contributed by atoms with Crippen LogP contribution in [0, 0.1) is 17.8 Å². The number of likely N-dealkylation sites (N-methyl/N-ethyl adjacent to an activating group) is 2. The highest BCUT2D eigenvalue weighted by atomic mass is 32.2. The van der Waals surface area contributed by atoms with E-state index in [4.69, 9.17) is 33.2 Å². The molecule has 20 atom stereocenters. The zero-order valence-corrected chi connectivity index (χ0v) is 47.1. The average Bonchev–Trinajstić information content (AvgIpc) is 3.84. The molecule has 75 heavy (non-hydrogen) atoms. The fourth-order valence-electron chi connectivity index (χ4n) is 11.4. The standard InChI is InChI=1S/C52H87F2N5O15S/c1-15-40-52(10,65)45(61)33(6)58(12)26-29(2)23-50(8,64)47(31(4)43(32(5)48(63)72-40)73-41-24-51(9,69-14)46(62)34(7)71-41)74-49-42(60)38(22-30(3)70-49)57(11)21-20-36-27-59(56-55-36)39(25-53)44(68-13)35-16-18-37(19-17-35)75(66,67)28-54/h16-19,27,29-34,38-47,49,60-62,64-65H,15,20-26,28H2,1-14H3/t29-,30-,31+,32-,33-,34+,38+,39-,40-,41+,42-,43+,44-,45-,46+,47-,49+,50-,51-,52-/m1/s1. The maximum absolute atomic E-state index is 14.8. The number of halogens is 2. The minimum Gasteiger partial charge on any atom is -0.459 e. The van der Waals surface area contributed by atoms with E-state index in [1.54, 1.807) is 61.7 Å². The molecular weight excluding hydrogens is 1000 g/mol. The van der Waals surface area contributed by atoms with Gasteiger partial charge in [-0.1, -0.05) is 38.1 Å². The number of aliphatic hydroxyl groups excluding tert-OH is 3. The van der Waals surface area contributed by atoms with Crippen LogP contribution in [0.3, 0.4) is 0 Å². The Labute approximate surface area is 442 Å². The van der Waals surface area contributed by atoms with Gasteiger partial charge in [0.25, 0.3) is 0 Å². The summed E-state index contributed by atoms with van der Waals surface area (Å²) in [6.45, 7) is 17.0. The second-order valence-corrected chi connectivity index (χ2v) is 24.2. The van der Waals surface area contributed by atoms with Gasteiger partial charge in [0.15, 0.2) is 18.6 Å². The number of carbonyl (C=O) groups excluding carboxylic acids is 1. The molecule has 0 bridgehead atoms. The van der Waals surface area contributed by atoms with Crippen molar-refractivity contribution >= 4 is 15.8 Å². The Kier molecular flexibility index (Phi) is 21.8. The summed E-state index contributed by atoms with van der Waals surface area (Å²) in [5.41, 5.74) is -3.71. The highest BCUT2D eigenvalue weighted by Crippen LogP contribution is 2.41. The zero-order chi connectivity index (χ0) is 56.1. The SMILES string of the molecule is CC[C@H]1OC(=O)[C@H](C)[C@@H](O[C@H]2C[C@@](C)(OC)[C@@H](O)[C@H](C)O2)[C@H](C)[C@@H](O[C@@H]2O[C@H](C)C[C@H](N(C)CCc3cn([C@H](CF)[C@H](OC)c4ccc(S(=O)(=O)CF)cc4)nn3)[C@H]2O)[C@](C)(O)C[C@@H](C)CN(C)[C@H](C)[C@@H](O)[C@]1(C)O. The van der Waals surface area contributed by atoms with Crippen molar-refractivity contribution in [1.29, 1.82) is 0 Å². The van der Waals surface area contributed by atoms with E-state index in [1.807, 2.05) is 30.7 Å². The number of ether oxygens (including phenoxy) is 7. The van der Waals surface area contributed by atoms with Crippen LogP contribution in [0.4, 0.5) is 8.78 Å². The molecule has 0 amide bonds. The second-order valence-electron chi connectivity index (χ2n) is 22.3. The first kappa shape index (κ1) is 63.0. The van der Waals surface area contributed by atoms with Crippen molar-refractivity contribution in [3.05, 3.63) is 41.7 Å². The third-order valence-electron chi connectivity index (χ3n) is 16.2. The van der Waals surface area contributed by atoms with Crippen molar-refractivity contribution in [1.82, 2.24) is 24.8 Å². The van der Waals surface area contributed by atoms with E-state index in [9.17, 15) is 47.5 Å². The third-order valence-corrected chi connectivity index (χ3v) is 17.5. The molecule has 3 fully saturated rings. The number of aromatic nitrogens is 3. The number of benzene rings is 1. The van der Waals surface area contributed by atoms with Crippen LogP contribution in [0.25, 0.3) is 0 Å². The molecule has 0 radical (unpaired) electrons. The molecule has 5 N–H and O–H groups in total. The Morgan fingerprint density at radius 3 is 2.20 bits per heavy atom. The molecule has 0 unspecified atom stereocenters. The lowest BCUT2D eigenvalue weighted by Crippen LogP contribution is -2.61. The van der Waals surface area contributed by atoms with Gasteiger partial charge < -0.3 is 68.5 Å². The minimum atomic E-state index is -4.10. The topological polar surface area (TPSA) is 254 Å². The monoisotopic (exact) mass is 1090 g/mol. The summed E-state index contributed by atoms with van der Waals surface area (Å²) in [5.74, 6) is -2.99. The molecule has 2 aromatic rings. The number of carbonyl (C=O) groups is 1. The van der Waals surface area contributed by atoms with Crippen molar-refractivity contribution in [3.8, 4) is 0 Å². The molecule has 1 aromatic carbocycles. The molecule has 5 rings (SSSR count). The van der Waals surface area contributed by atoms with Crippen LogP contribution in [0.2, 0.25) is 0 Å². The molecule has 3 aliphatic rings. The van der Waals surface area contributed by atoms with E-state index >= 15 is 0 Å². The second kappa shape index (κ2) is 25.9. The van der Waals surface area contributed by atoms with Crippen LogP contribution in [0.15, 0.2) is 35.4 Å². The first-order valence-corrected chi connectivity index (χ1v) is 27.8. The Morgan fingerprint density at radius 2 is 1.61 bits per heavy atom. The summed E-state index contributed by atoms with van der Waals surface area (Å²) in [4.78, 5) is 18.1. The lowest BCUT2D eigenvalue weighted by Gasteiger charge is -2.49. The fourth-order valence-corrected chi connectivity index (χ4v) is 12.1. The molecule has 1 aromatic heterocycles. The van der Waals surface area contributed by atoms with Gasteiger partial charge in [0.05, 0.1) is 52.1 Å². The maximum Gasteiger partial charge on any atom is 0.311 e. The molecule has 23 heteroatoms. The lowest BCUT2D eigenvalue weighted by molar-refractivity contribution is -0.318. The van der Waals surface area contributed by atoms with Crippen molar-refractivity contribution < 1.29 is 80.7 Å². The quantitative estimate of drug-likeness (QED) is 0.142. The smallest absolute Gasteiger partial charge is 0.311 e. The van der Waals surface area contributed by atoms with Crippen molar-refractivity contribution in [2.45, 2.75) is 209 Å². The lowest BCUT2D eigenvalue weighted by atomic mass is 9.77. The highest BCUT2D eigenvalue weighted by Gasteiger charge is 2.53. The van der Waals surface area contributed by atoms with E-state index in [0.717, 1.165) is 0 Å². The van der Waals surface area contributed by atoms with Crippen molar-refractivity contribution in [3.63, 3.8) is 0 Å². The normalized spacial score (nSPS) is 39.1. The number of esters is 1. The number of methoxy groups -OCH3 is 2. The van der Waals surface area contributed by atoms with Gasteiger partial charge in [-0.3, -0.25) is 4.79 Å². The Morgan fingerprint density at radius 1 is 0.960 bits per heavy atom. The van der Waals surface area contributed by atoms with Gasteiger partial charge >= 0.3 is 5.97 Å². The molecular formula is C52H87F2N5O15S. The summed E-state index contributed by atoms with van der Waals surface area (Å²) in [6.07, 6.45) is -8.87. The van der Waals surface area contributed by atoms with Gasteiger partial charge in [0, 0.05) is 64.3 Å². The Balaban J connectivity index is 1.44. The van der Waals surface area contributed by atoms with Gasteiger partial charge in [-0.2, -0.15) is 0 Å². The molecule has 3 saturated heterocycles.